The summed E-state index contributed by atoms with van der Waals surface area (Å²) < 4.78 is 30.0. The van der Waals surface area contributed by atoms with Gasteiger partial charge in [0.1, 0.15) is 16.0 Å². The van der Waals surface area contributed by atoms with Crippen molar-refractivity contribution in [2.24, 2.45) is 0 Å². The van der Waals surface area contributed by atoms with E-state index < -0.39 is 11.6 Å². The molecule has 5 rings (SSSR count). The van der Waals surface area contributed by atoms with E-state index in [0.717, 1.165) is 23.2 Å². The maximum Gasteiger partial charge on any atom is 0.176 e. The van der Waals surface area contributed by atoms with Crippen LogP contribution in [0.15, 0.2) is 29.9 Å². The van der Waals surface area contributed by atoms with Gasteiger partial charge in [0.05, 0.1) is 22.5 Å². The number of likely N-dealkylation sites (tertiary alicyclic amines) is 1. The first kappa shape index (κ1) is 19.7. The van der Waals surface area contributed by atoms with Crippen LogP contribution in [0.4, 0.5) is 20.2 Å². The molecule has 0 bridgehead atoms. The number of halogens is 2. The number of fused-ring (bicyclic) bond motifs is 2. The Balaban J connectivity index is 1.51. The molecule has 1 aliphatic heterocycles. The van der Waals surface area contributed by atoms with Crippen molar-refractivity contribution in [2.45, 2.75) is 25.3 Å². The molecule has 30 heavy (non-hydrogen) atoms. The van der Waals surface area contributed by atoms with Crippen molar-refractivity contribution in [3.05, 3.63) is 46.4 Å². The molecule has 3 aromatic heterocycles. The zero-order valence-corrected chi connectivity index (χ0v) is 17.9. The Morgan fingerprint density at radius 1 is 1.30 bits per heavy atom. The van der Waals surface area contributed by atoms with E-state index in [1.807, 2.05) is 0 Å². The average molecular weight is 447 g/mol. The summed E-state index contributed by atoms with van der Waals surface area (Å²) in [6, 6.07) is 5.45. The van der Waals surface area contributed by atoms with Gasteiger partial charge in [-0.2, -0.15) is 0 Å². The SMILES string of the molecule is C[C@@H]1[C@H](c2cc3c(Nc4c(F)cc5scnc5c4F)ccnc3s2)CCN1CCO. The maximum absolute atomic E-state index is 14.9. The van der Waals surface area contributed by atoms with Crippen LogP contribution in [-0.4, -0.2) is 45.7 Å². The molecule has 0 amide bonds. The van der Waals surface area contributed by atoms with Gasteiger partial charge in [0.25, 0.3) is 0 Å². The van der Waals surface area contributed by atoms with Crippen LogP contribution < -0.4 is 5.32 Å². The second kappa shape index (κ2) is 7.81. The minimum Gasteiger partial charge on any atom is -0.395 e. The molecule has 2 atom stereocenters. The van der Waals surface area contributed by atoms with Crippen molar-refractivity contribution in [1.29, 1.82) is 0 Å². The molecule has 0 unspecified atom stereocenters. The molecule has 2 N–H and O–H groups in total. The van der Waals surface area contributed by atoms with Crippen molar-refractivity contribution >= 4 is 54.5 Å². The van der Waals surface area contributed by atoms with Crippen molar-refractivity contribution < 1.29 is 13.9 Å². The number of rotatable bonds is 5. The van der Waals surface area contributed by atoms with E-state index >= 15 is 0 Å². The van der Waals surface area contributed by atoms with Crippen LogP contribution in [0.2, 0.25) is 0 Å². The van der Waals surface area contributed by atoms with Crippen molar-refractivity contribution in [1.82, 2.24) is 14.9 Å². The zero-order valence-electron chi connectivity index (χ0n) is 16.2. The lowest BCUT2D eigenvalue weighted by Crippen LogP contribution is -2.31. The summed E-state index contributed by atoms with van der Waals surface area (Å²) in [6.07, 6.45) is 2.67. The van der Waals surface area contributed by atoms with Crippen LogP contribution in [0, 0.1) is 11.6 Å². The Morgan fingerprint density at radius 3 is 3.00 bits per heavy atom. The molecule has 9 heteroatoms. The van der Waals surface area contributed by atoms with Gasteiger partial charge in [-0.3, -0.25) is 4.90 Å². The van der Waals surface area contributed by atoms with Gasteiger partial charge in [0.15, 0.2) is 11.6 Å². The van der Waals surface area contributed by atoms with E-state index in [1.54, 1.807) is 23.6 Å². The third-order valence-electron chi connectivity index (χ3n) is 5.87. The number of aliphatic hydroxyl groups is 1. The number of nitrogens with one attached hydrogen (secondary N) is 1. The first-order valence-corrected chi connectivity index (χ1v) is 11.5. The summed E-state index contributed by atoms with van der Waals surface area (Å²) in [4.78, 5) is 12.8. The van der Waals surface area contributed by atoms with E-state index in [4.69, 9.17) is 0 Å². The lowest BCUT2D eigenvalue weighted by Gasteiger charge is -2.23. The lowest BCUT2D eigenvalue weighted by atomic mass is 9.99. The third-order valence-corrected chi connectivity index (χ3v) is 7.82. The number of benzene rings is 1. The molecule has 4 heterocycles. The van der Waals surface area contributed by atoms with E-state index in [1.165, 1.54) is 27.8 Å². The fourth-order valence-corrected chi connectivity index (χ4v) is 6.22. The Bertz CT molecular complexity index is 1220. The highest BCUT2D eigenvalue weighted by molar-refractivity contribution is 7.18. The number of β-amino-alcohol motifs (C(OH)–C–C–N with tert-alkyl or cyclic N) is 1. The maximum atomic E-state index is 14.9. The average Bonchev–Trinajstić information content (AvgIpc) is 3.44. The van der Waals surface area contributed by atoms with Crippen LogP contribution in [0.1, 0.15) is 24.1 Å². The summed E-state index contributed by atoms with van der Waals surface area (Å²) in [6.45, 7) is 3.95. The Kier molecular flexibility index (Phi) is 5.14. The molecule has 156 valence electrons. The minimum absolute atomic E-state index is 0.152. The van der Waals surface area contributed by atoms with Gasteiger partial charge in [-0.25, -0.2) is 18.7 Å². The molecule has 1 saturated heterocycles. The highest BCUT2D eigenvalue weighted by atomic mass is 32.1. The standard InChI is InChI=1S/C21H20F2N4OS2/c1-11-12(3-5-27(11)6-7-28)16-8-13-15(2-4-24-21(13)30-16)26-19-14(22)9-17-20(18(19)23)25-10-29-17/h2,4,8-12,28H,3,5-7H2,1H3,(H,24,26)/t11-,12-/m1/s1. The van der Waals surface area contributed by atoms with E-state index in [0.29, 0.717) is 28.9 Å². The molecule has 5 nitrogen and oxygen atoms in total. The Hall–Kier alpha value is -2.20. The largest absolute Gasteiger partial charge is 0.395 e. The summed E-state index contributed by atoms with van der Waals surface area (Å²) in [5.74, 6) is -0.979. The molecular weight excluding hydrogens is 426 g/mol. The predicted octanol–water partition coefficient (Wildman–Crippen LogP) is 5.10. The fraction of sp³-hybridized carbons (Fsp3) is 0.333. The lowest BCUT2D eigenvalue weighted by molar-refractivity contribution is 0.188. The van der Waals surface area contributed by atoms with Gasteiger partial charge in [-0.15, -0.1) is 22.7 Å². The second-order valence-electron chi connectivity index (χ2n) is 7.49. The number of aromatic nitrogens is 2. The molecule has 0 saturated carbocycles. The number of aliphatic hydroxyl groups excluding tert-OH is 1. The molecular formula is C21H20F2N4OS2. The Labute approximate surface area is 180 Å². The van der Waals surface area contributed by atoms with Gasteiger partial charge in [0.2, 0.25) is 0 Å². The highest BCUT2D eigenvalue weighted by Gasteiger charge is 2.32. The van der Waals surface area contributed by atoms with Gasteiger partial charge in [-0.05, 0) is 38.1 Å². The number of pyridine rings is 1. The van der Waals surface area contributed by atoms with Gasteiger partial charge in [0, 0.05) is 35.0 Å². The minimum atomic E-state index is -0.685. The van der Waals surface area contributed by atoms with E-state index in [9.17, 15) is 13.9 Å². The zero-order chi connectivity index (χ0) is 20.8. The number of nitrogens with zero attached hydrogens (tertiary/aromatic N) is 3. The summed E-state index contributed by atoms with van der Waals surface area (Å²) in [7, 11) is 0. The quantitative estimate of drug-likeness (QED) is 0.447. The van der Waals surface area contributed by atoms with E-state index in [2.05, 4.69) is 33.2 Å². The van der Waals surface area contributed by atoms with Crippen LogP contribution in [0.5, 0.6) is 0 Å². The normalized spacial score (nSPS) is 19.9. The number of hydrogen-bond acceptors (Lipinski definition) is 7. The topological polar surface area (TPSA) is 61.3 Å². The second-order valence-corrected chi connectivity index (χ2v) is 9.44. The smallest absolute Gasteiger partial charge is 0.176 e. The molecule has 1 fully saturated rings. The fourth-order valence-electron chi connectivity index (χ4n) is 4.26. The van der Waals surface area contributed by atoms with Crippen LogP contribution in [-0.2, 0) is 0 Å². The number of thiophene rings is 1. The molecule has 1 aromatic carbocycles. The van der Waals surface area contributed by atoms with Crippen molar-refractivity contribution in [3.63, 3.8) is 0 Å². The molecule has 4 aromatic rings. The van der Waals surface area contributed by atoms with E-state index in [-0.39, 0.29) is 17.8 Å². The summed E-state index contributed by atoms with van der Waals surface area (Å²) >= 11 is 2.82. The summed E-state index contributed by atoms with van der Waals surface area (Å²) in [5.41, 5.74) is 2.10. The van der Waals surface area contributed by atoms with Crippen molar-refractivity contribution in [3.8, 4) is 0 Å². The molecule has 0 spiro atoms. The Morgan fingerprint density at radius 2 is 2.17 bits per heavy atom. The molecule has 1 aliphatic rings. The van der Waals surface area contributed by atoms with Crippen LogP contribution in [0.3, 0.4) is 0 Å². The number of thiazole rings is 1. The van der Waals surface area contributed by atoms with Gasteiger partial charge in [-0.1, -0.05) is 0 Å². The van der Waals surface area contributed by atoms with Crippen LogP contribution >= 0.6 is 22.7 Å². The van der Waals surface area contributed by atoms with Crippen molar-refractivity contribution in [2.75, 3.05) is 25.0 Å². The van der Waals surface area contributed by atoms with Crippen LogP contribution in [0.25, 0.3) is 20.4 Å². The first-order chi connectivity index (χ1) is 14.6. The highest BCUT2D eigenvalue weighted by Crippen LogP contribution is 2.41. The third kappa shape index (κ3) is 3.26. The van der Waals surface area contributed by atoms with Gasteiger partial charge >= 0.3 is 0 Å². The number of hydrogen-bond donors (Lipinski definition) is 2. The predicted molar refractivity (Wildman–Crippen MR) is 118 cm³/mol. The van der Waals surface area contributed by atoms with Gasteiger partial charge < -0.3 is 10.4 Å². The number of anilines is 2. The monoisotopic (exact) mass is 446 g/mol. The molecule has 0 aliphatic carbocycles. The summed E-state index contributed by atoms with van der Waals surface area (Å²) in [5, 5.41) is 13.1. The first-order valence-electron chi connectivity index (χ1n) is 9.78. The molecule has 0 radical (unpaired) electrons.